The Kier molecular flexibility index (Phi) is 4.48. The first-order chi connectivity index (χ1) is 14.2. The highest BCUT2D eigenvalue weighted by Gasteiger charge is 2.29. The molecule has 7 nitrogen and oxygen atoms in total. The Balaban J connectivity index is 1.57. The van der Waals surface area contributed by atoms with E-state index < -0.39 is 0 Å². The lowest BCUT2D eigenvalue weighted by molar-refractivity contribution is 0.0868. The van der Waals surface area contributed by atoms with Crippen molar-refractivity contribution in [3.05, 3.63) is 65.9 Å². The van der Waals surface area contributed by atoms with Gasteiger partial charge in [0, 0.05) is 13.0 Å². The molecular weight excluding hydrogens is 373 g/mol. The molecule has 5 rings (SSSR count). The van der Waals surface area contributed by atoms with Crippen molar-refractivity contribution in [3.63, 3.8) is 0 Å². The average molecular weight is 393 g/mol. The largest absolute Gasteiger partial charge is 0.464 e. The Morgan fingerprint density at radius 2 is 2.00 bits per heavy atom. The lowest BCUT2D eigenvalue weighted by atomic mass is 10.1. The van der Waals surface area contributed by atoms with Gasteiger partial charge in [0.15, 0.2) is 17.3 Å². The zero-order valence-electron chi connectivity index (χ0n) is 16.0. The number of furan rings is 1. The third-order valence-electron chi connectivity index (χ3n) is 5.15. The van der Waals surface area contributed by atoms with Gasteiger partial charge in [-0.2, -0.15) is 4.52 Å². The number of hydrogen-bond acceptors (Lipinski definition) is 6. The smallest absolute Gasteiger partial charge is 0.188 e. The molecule has 1 fully saturated rings. The van der Waals surface area contributed by atoms with Gasteiger partial charge in [-0.25, -0.2) is 4.39 Å². The van der Waals surface area contributed by atoms with E-state index >= 15 is 0 Å². The second-order valence-corrected chi connectivity index (χ2v) is 6.91. The number of morpholine rings is 1. The summed E-state index contributed by atoms with van der Waals surface area (Å²) in [6, 6.07) is 14.1. The summed E-state index contributed by atoms with van der Waals surface area (Å²) in [6.07, 6.45) is 0.838. The van der Waals surface area contributed by atoms with E-state index in [1.54, 1.807) is 22.7 Å². The van der Waals surface area contributed by atoms with E-state index in [4.69, 9.17) is 14.3 Å². The summed E-state index contributed by atoms with van der Waals surface area (Å²) in [6.45, 7) is 3.84. The van der Waals surface area contributed by atoms with Gasteiger partial charge in [-0.15, -0.1) is 15.3 Å². The Morgan fingerprint density at radius 1 is 1.10 bits per heavy atom. The Bertz CT molecular complexity index is 1150. The lowest BCUT2D eigenvalue weighted by Crippen LogP contribution is -2.40. The van der Waals surface area contributed by atoms with Crippen LogP contribution in [0.3, 0.4) is 0 Å². The van der Waals surface area contributed by atoms with Gasteiger partial charge in [0.1, 0.15) is 23.4 Å². The standard InChI is InChI=1S/C21H20FN5O2/c1-2-14-7-8-18(29-14)17-13-28-12-11-26(17)20-10-9-19-23-24-21(27(19)25-20)15-5-3-4-6-16(15)22/h3-10,17H,2,11-13H2,1H3. The second-order valence-electron chi connectivity index (χ2n) is 6.91. The summed E-state index contributed by atoms with van der Waals surface area (Å²) in [4.78, 5) is 2.15. The molecule has 0 saturated carbocycles. The number of ether oxygens (including phenoxy) is 1. The molecule has 1 aromatic carbocycles. The molecule has 1 unspecified atom stereocenters. The first-order valence-corrected chi connectivity index (χ1v) is 9.65. The predicted octanol–water partition coefficient (Wildman–Crippen LogP) is 3.66. The van der Waals surface area contributed by atoms with Gasteiger partial charge in [-0.05, 0) is 36.4 Å². The van der Waals surface area contributed by atoms with Gasteiger partial charge < -0.3 is 14.1 Å². The van der Waals surface area contributed by atoms with E-state index in [9.17, 15) is 4.39 Å². The molecule has 0 radical (unpaired) electrons. The lowest BCUT2D eigenvalue weighted by Gasteiger charge is -2.35. The molecule has 148 valence electrons. The van der Waals surface area contributed by atoms with Crippen molar-refractivity contribution in [1.82, 2.24) is 19.8 Å². The van der Waals surface area contributed by atoms with E-state index in [0.29, 0.717) is 36.8 Å². The molecule has 3 aromatic heterocycles. The maximum absolute atomic E-state index is 14.3. The van der Waals surface area contributed by atoms with Crippen molar-refractivity contribution in [2.24, 2.45) is 0 Å². The van der Waals surface area contributed by atoms with Crippen LogP contribution in [0.5, 0.6) is 0 Å². The number of aryl methyl sites for hydroxylation is 1. The number of aromatic nitrogens is 4. The van der Waals surface area contributed by atoms with Gasteiger partial charge in [0.2, 0.25) is 0 Å². The monoisotopic (exact) mass is 393 g/mol. The topological polar surface area (TPSA) is 68.7 Å². The first kappa shape index (κ1) is 17.8. The number of hydrogen-bond donors (Lipinski definition) is 0. The van der Waals surface area contributed by atoms with E-state index in [1.165, 1.54) is 6.07 Å². The number of fused-ring (bicyclic) bond motifs is 1. The highest BCUT2D eigenvalue weighted by Crippen LogP contribution is 2.30. The summed E-state index contributed by atoms with van der Waals surface area (Å²) < 4.78 is 27.6. The second kappa shape index (κ2) is 7.29. The zero-order chi connectivity index (χ0) is 19.8. The van der Waals surface area contributed by atoms with Crippen LogP contribution in [0.2, 0.25) is 0 Å². The predicted molar refractivity (Wildman–Crippen MR) is 105 cm³/mol. The molecule has 0 amide bonds. The van der Waals surface area contributed by atoms with Crippen LogP contribution >= 0.6 is 0 Å². The number of halogens is 1. The van der Waals surface area contributed by atoms with Gasteiger partial charge in [0.25, 0.3) is 0 Å². The van der Waals surface area contributed by atoms with Gasteiger partial charge in [0.05, 0.1) is 18.8 Å². The van der Waals surface area contributed by atoms with Crippen LogP contribution in [-0.4, -0.2) is 39.6 Å². The Labute approximate surface area is 166 Å². The molecule has 8 heteroatoms. The van der Waals surface area contributed by atoms with E-state index in [1.807, 2.05) is 24.3 Å². The summed E-state index contributed by atoms with van der Waals surface area (Å²) >= 11 is 0. The SMILES string of the molecule is CCc1ccc(C2COCCN2c2ccc3nnc(-c4ccccc4F)n3n2)o1. The number of anilines is 1. The fourth-order valence-electron chi connectivity index (χ4n) is 3.62. The van der Waals surface area contributed by atoms with E-state index in [0.717, 1.165) is 23.8 Å². The third kappa shape index (κ3) is 3.15. The van der Waals surface area contributed by atoms with Crippen molar-refractivity contribution < 1.29 is 13.5 Å². The van der Waals surface area contributed by atoms with E-state index in [2.05, 4.69) is 22.0 Å². The van der Waals surface area contributed by atoms with Crippen LogP contribution in [0.1, 0.15) is 24.5 Å². The van der Waals surface area contributed by atoms with Crippen LogP contribution in [0.15, 0.2) is 52.9 Å². The van der Waals surface area contributed by atoms with Crippen molar-refractivity contribution >= 4 is 11.5 Å². The minimum atomic E-state index is -0.360. The molecule has 0 spiro atoms. The molecule has 0 aliphatic carbocycles. The normalized spacial score (nSPS) is 17.2. The summed E-state index contributed by atoms with van der Waals surface area (Å²) in [5.41, 5.74) is 0.921. The van der Waals surface area contributed by atoms with Crippen molar-refractivity contribution in [3.8, 4) is 11.4 Å². The Hall–Kier alpha value is -3.26. The van der Waals surface area contributed by atoms with Crippen molar-refractivity contribution in [2.45, 2.75) is 19.4 Å². The molecule has 1 aliphatic heterocycles. The fraction of sp³-hybridized carbons (Fsp3) is 0.286. The van der Waals surface area contributed by atoms with Gasteiger partial charge in [-0.3, -0.25) is 0 Å². The van der Waals surface area contributed by atoms with Crippen LogP contribution in [0.25, 0.3) is 17.0 Å². The minimum Gasteiger partial charge on any atom is -0.464 e. The maximum Gasteiger partial charge on any atom is 0.188 e. The van der Waals surface area contributed by atoms with Crippen molar-refractivity contribution in [2.75, 3.05) is 24.7 Å². The highest BCUT2D eigenvalue weighted by molar-refractivity contribution is 5.60. The molecule has 29 heavy (non-hydrogen) atoms. The summed E-state index contributed by atoms with van der Waals surface area (Å²) in [7, 11) is 0. The fourth-order valence-corrected chi connectivity index (χ4v) is 3.62. The Morgan fingerprint density at radius 3 is 2.83 bits per heavy atom. The zero-order valence-corrected chi connectivity index (χ0v) is 16.0. The highest BCUT2D eigenvalue weighted by atomic mass is 19.1. The molecule has 0 N–H and O–H groups in total. The summed E-state index contributed by atoms with van der Waals surface area (Å²) in [5, 5.41) is 13.0. The summed E-state index contributed by atoms with van der Waals surface area (Å²) in [5.74, 6) is 2.53. The quantitative estimate of drug-likeness (QED) is 0.527. The van der Waals surface area contributed by atoms with Gasteiger partial charge in [-0.1, -0.05) is 19.1 Å². The van der Waals surface area contributed by atoms with Gasteiger partial charge >= 0.3 is 0 Å². The molecule has 4 aromatic rings. The van der Waals surface area contributed by atoms with Crippen LogP contribution in [0, 0.1) is 5.82 Å². The minimum absolute atomic E-state index is 0.0811. The van der Waals surface area contributed by atoms with E-state index in [-0.39, 0.29) is 11.9 Å². The molecule has 1 saturated heterocycles. The first-order valence-electron chi connectivity index (χ1n) is 9.65. The third-order valence-corrected chi connectivity index (χ3v) is 5.15. The number of rotatable bonds is 4. The van der Waals surface area contributed by atoms with Crippen molar-refractivity contribution in [1.29, 1.82) is 0 Å². The molecule has 1 aliphatic rings. The van der Waals surface area contributed by atoms with Crippen LogP contribution in [0.4, 0.5) is 10.2 Å². The molecule has 1 atom stereocenters. The number of benzene rings is 1. The average Bonchev–Trinajstić information content (AvgIpc) is 3.41. The molecule has 0 bridgehead atoms. The number of nitrogens with zero attached hydrogens (tertiary/aromatic N) is 5. The van der Waals surface area contributed by atoms with Crippen LogP contribution < -0.4 is 4.90 Å². The maximum atomic E-state index is 14.3. The van der Waals surface area contributed by atoms with Crippen LogP contribution in [-0.2, 0) is 11.2 Å². The molecule has 4 heterocycles. The molecular formula is C21H20FN5O2.